The van der Waals surface area contributed by atoms with E-state index in [0.717, 1.165) is 9.54 Å². The Bertz CT molecular complexity index is 1200. The second-order valence-corrected chi connectivity index (χ2v) is 9.09. The first kappa shape index (κ1) is 21.1. The van der Waals surface area contributed by atoms with Crippen molar-refractivity contribution >= 4 is 38.5 Å². The number of rotatable bonds is 7. The van der Waals surface area contributed by atoms with Crippen LogP contribution >= 0.6 is 11.6 Å². The van der Waals surface area contributed by atoms with Gasteiger partial charge in [0.15, 0.2) is 0 Å². The number of carbonyl (C=O) groups is 1. The number of carboxylic acids is 1. The lowest BCUT2D eigenvalue weighted by Gasteiger charge is -2.20. The fourth-order valence-electron chi connectivity index (χ4n) is 3.33. The molecule has 0 amide bonds. The van der Waals surface area contributed by atoms with E-state index in [9.17, 15) is 18.3 Å². The Morgan fingerprint density at radius 3 is 2.62 bits per heavy atom. The molecule has 1 heterocycles. The van der Waals surface area contributed by atoms with Crippen molar-refractivity contribution < 1.29 is 18.3 Å². The minimum atomic E-state index is -4.08. The van der Waals surface area contributed by atoms with Gasteiger partial charge in [0.1, 0.15) is 5.25 Å². The summed E-state index contributed by atoms with van der Waals surface area (Å²) in [6.45, 7) is 5.43. The number of halogens is 1. The van der Waals surface area contributed by atoms with Crippen molar-refractivity contribution in [1.29, 1.82) is 0 Å². The van der Waals surface area contributed by atoms with Crippen LogP contribution < -0.4 is 5.73 Å². The van der Waals surface area contributed by atoms with Crippen LogP contribution in [-0.2, 0) is 21.4 Å². The molecule has 2 aromatic carbocycles. The van der Waals surface area contributed by atoms with Crippen molar-refractivity contribution in [3.63, 3.8) is 0 Å². The molecule has 0 spiro atoms. The Balaban J connectivity index is 2.30. The van der Waals surface area contributed by atoms with Crippen LogP contribution in [-0.4, -0.2) is 23.5 Å². The zero-order valence-corrected chi connectivity index (χ0v) is 17.3. The van der Waals surface area contributed by atoms with E-state index < -0.39 is 27.2 Å². The minimum Gasteiger partial charge on any atom is -0.481 e. The van der Waals surface area contributed by atoms with Crippen LogP contribution in [0.1, 0.15) is 34.9 Å². The van der Waals surface area contributed by atoms with Gasteiger partial charge in [0.25, 0.3) is 0 Å². The third kappa shape index (κ3) is 3.81. The molecule has 0 bridgehead atoms. The van der Waals surface area contributed by atoms with E-state index in [1.54, 1.807) is 48.5 Å². The molecule has 0 saturated carbocycles. The lowest BCUT2D eigenvalue weighted by atomic mass is 10.1. The van der Waals surface area contributed by atoms with E-state index in [4.69, 9.17) is 17.3 Å². The van der Waals surface area contributed by atoms with Gasteiger partial charge in [0.2, 0.25) is 10.0 Å². The number of nitrogens with zero attached hydrogens (tertiary/aromatic N) is 1. The lowest BCUT2D eigenvalue weighted by Crippen LogP contribution is -2.24. The van der Waals surface area contributed by atoms with Gasteiger partial charge in [-0.25, -0.2) is 12.4 Å². The van der Waals surface area contributed by atoms with Crippen molar-refractivity contribution in [3.05, 3.63) is 83.0 Å². The molecule has 0 fully saturated rings. The van der Waals surface area contributed by atoms with Gasteiger partial charge >= 0.3 is 5.97 Å². The summed E-state index contributed by atoms with van der Waals surface area (Å²) in [5, 5.41) is 9.41. The number of aromatic nitrogens is 1. The van der Waals surface area contributed by atoms with E-state index in [1.165, 1.54) is 13.0 Å². The maximum Gasteiger partial charge on any atom is 0.312 e. The van der Waals surface area contributed by atoms with E-state index >= 15 is 0 Å². The molecule has 0 radical (unpaired) electrons. The Morgan fingerprint density at radius 1 is 1.28 bits per heavy atom. The molecule has 3 N–H and O–H groups in total. The highest BCUT2D eigenvalue weighted by atomic mass is 35.5. The summed E-state index contributed by atoms with van der Waals surface area (Å²) in [4.78, 5) is 11.6. The van der Waals surface area contributed by atoms with Gasteiger partial charge in [-0.1, -0.05) is 41.9 Å². The van der Waals surface area contributed by atoms with Crippen molar-refractivity contribution in [2.24, 2.45) is 5.73 Å². The first-order valence-electron chi connectivity index (χ1n) is 8.90. The summed E-state index contributed by atoms with van der Waals surface area (Å²) in [5.74, 6) is -2.17. The van der Waals surface area contributed by atoms with Crippen LogP contribution in [0, 0.1) is 0 Å². The summed E-state index contributed by atoms with van der Waals surface area (Å²) in [7, 11) is -4.08. The molecule has 3 rings (SSSR count). The standard InChI is InChI=1S/C21H21ClN2O4S/c1-3-20(15-6-4-5-14(9-15)12-23)29(27,28)24-18-8-7-17(22)10-16(18)11-19(24)13(2)21(25)26/h3-11,13,20H,1,12,23H2,2H3,(H,25,26). The van der Waals surface area contributed by atoms with Crippen LogP contribution in [0.15, 0.2) is 61.2 Å². The van der Waals surface area contributed by atoms with Crippen LogP contribution in [0.3, 0.4) is 0 Å². The first-order valence-corrected chi connectivity index (χ1v) is 10.8. The van der Waals surface area contributed by atoms with Crippen LogP contribution in [0.4, 0.5) is 0 Å². The Morgan fingerprint density at radius 2 is 2.00 bits per heavy atom. The van der Waals surface area contributed by atoms with Gasteiger partial charge in [-0.15, -0.1) is 6.58 Å². The molecule has 29 heavy (non-hydrogen) atoms. The summed E-state index contributed by atoms with van der Waals surface area (Å²) in [6, 6.07) is 13.2. The minimum absolute atomic E-state index is 0.150. The van der Waals surface area contributed by atoms with Gasteiger partial charge < -0.3 is 10.8 Å². The number of hydrogen-bond acceptors (Lipinski definition) is 4. The molecule has 0 saturated heterocycles. The van der Waals surface area contributed by atoms with Crippen LogP contribution in [0.25, 0.3) is 10.9 Å². The first-order chi connectivity index (χ1) is 13.7. The van der Waals surface area contributed by atoms with E-state index in [2.05, 4.69) is 6.58 Å². The maximum absolute atomic E-state index is 13.7. The van der Waals surface area contributed by atoms with Crippen molar-refractivity contribution in [2.45, 2.75) is 24.6 Å². The summed E-state index contributed by atoms with van der Waals surface area (Å²) >= 11 is 6.05. The molecule has 0 aliphatic heterocycles. The average Bonchev–Trinajstić information content (AvgIpc) is 3.07. The highest BCUT2D eigenvalue weighted by Gasteiger charge is 2.32. The molecule has 0 aliphatic rings. The van der Waals surface area contributed by atoms with E-state index in [0.29, 0.717) is 21.5 Å². The molecule has 1 aromatic heterocycles. The van der Waals surface area contributed by atoms with Gasteiger partial charge in [0.05, 0.1) is 11.4 Å². The number of benzene rings is 2. The smallest absolute Gasteiger partial charge is 0.312 e. The predicted molar refractivity (Wildman–Crippen MR) is 115 cm³/mol. The van der Waals surface area contributed by atoms with E-state index in [1.807, 2.05) is 0 Å². The highest BCUT2D eigenvalue weighted by Crippen LogP contribution is 2.35. The number of fused-ring (bicyclic) bond motifs is 1. The SMILES string of the molecule is C=CC(c1cccc(CN)c1)S(=O)(=O)n1c(C(C)C(=O)O)cc2cc(Cl)ccc21. The van der Waals surface area contributed by atoms with Crippen molar-refractivity contribution in [1.82, 2.24) is 3.97 Å². The van der Waals surface area contributed by atoms with Crippen LogP contribution in [0.5, 0.6) is 0 Å². The molecule has 152 valence electrons. The zero-order chi connectivity index (χ0) is 21.3. The fraction of sp³-hybridized carbons (Fsp3) is 0.190. The molecule has 2 unspecified atom stereocenters. The molecule has 3 aromatic rings. The number of carboxylic acid groups (broad SMARTS) is 1. The fourth-order valence-corrected chi connectivity index (χ4v) is 5.42. The van der Waals surface area contributed by atoms with Gasteiger partial charge in [-0.2, -0.15) is 0 Å². The topological polar surface area (TPSA) is 102 Å². The van der Waals surface area contributed by atoms with Gasteiger partial charge in [-0.05, 0) is 42.3 Å². The third-order valence-corrected chi connectivity index (χ3v) is 7.12. The average molecular weight is 433 g/mol. The molecule has 0 aliphatic carbocycles. The summed E-state index contributed by atoms with van der Waals surface area (Å²) in [6.07, 6.45) is 1.34. The second kappa shape index (κ2) is 8.02. The summed E-state index contributed by atoms with van der Waals surface area (Å²) in [5.41, 5.74) is 7.49. The molecular weight excluding hydrogens is 412 g/mol. The van der Waals surface area contributed by atoms with Crippen LogP contribution in [0.2, 0.25) is 5.02 Å². The van der Waals surface area contributed by atoms with Gasteiger partial charge in [-0.3, -0.25) is 4.79 Å². The predicted octanol–water partition coefficient (Wildman–Crippen LogP) is 4.05. The van der Waals surface area contributed by atoms with Crippen molar-refractivity contribution in [2.75, 3.05) is 0 Å². The quantitative estimate of drug-likeness (QED) is 0.548. The Kier molecular flexibility index (Phi) is 5.84. The Hall–Kier alpha value is -2.61. The zero-order valence-electron chi connectivity index (χ0n) is 15.7. The maximum atomic E-state index is 13.7. The number of hydrogen-bond donors (Lipinski definition) is 2. The molecular formula is C21H21ClN2O4S. The third-order valence-electron chi connectivity index (χ3n) is 4.87. The normalized spacial score (nSPS) is 13.9. The van der Waals surface area contributed by atoms with Crippen molar-refractivity contribution in [3.8, 4) is 0 Å². The Labute approximate surface area is 174 Å². The largest absolute Gasteiger partial charge is 0.481 e. The molecule has 8 heteroatoms. The molecule has 6 nitrogen and oxygen atoms in total. The molecule has 2 atom stereocenters. The number of nitrogens with two attached hydrogens (primary N) is 1. The second-order valence-electron chi connectivity index (χ2n) is 6.75. The number of aliphatic carboxylic acids is 1. The van der Waals surface area contributed by atoms with Gasteiger partial charge in [0, 0.05) is 22.6 Å². The lowest BCUT2D eigenvalue weighted by molar-refractivity contribution is -0.138. The summed E-state index contributed by atoms with van der Waals surface area (Å²) < 4.78 is 28.5. The monoisotopic (exact) mass is 432 g/mol. The van der Waals surface area contributed by atoms with E-state index in [-0.39, 0.29) is 12.2 Å². The highest BCUT2D eigenvalue weighted by molar-refractivity contribution is 7.90.